The van der Waals surface area contributed by atoms with Crippen molar-refractivity contribution in [2.75, 3.05) is 13.1 Å². The summed E-state index contributed by atoms with van der Waals surface area (Å²) in [5, 5.41) is 0. The summed E-state index contributed by atoms with van der Waals surface area (Å²) < 4.78 is 2.86. The van der Waals surface area contributed by atoms with Gasteiger partial charge in [0.2, 0.25) is 0 Å². The normalized spacial score (nSPS) is 11.2. The number of halogens is 1. The van der Waals surface area contributed by atoms with Crippen LogP contribution in [0.25, 0.3) is 5.65 Å². The van der Waals surface area contributed by atoms with Gasteiger partial charge in [-0.2, -0.15) is 0 Å². The van der Waals surface area contributed by atoms with Crippen molar-refractivity contribution in [3.63, 3.8) is 0 Å². The number of imidazole rings is 1. The lowest BCUT2D eigenvalue weighted by atomic mass is 10.2. The minimum Gasteiger partial charge on any atom is -0.337 e. The molecule has 2 aromatic heterocycles. The smallest absolute Gasteiger partial charge is 0.272 e. The van der Waals surface area contributed by atoms with Crippen molar-refractivity contribution in [3.8, 4) is 0 Å². The summed E-state index contributed by atoms with van der Waals surface area (Å²) in [5.74, 6) is 0.0920. The Morgan fingerprint density at radius 3 is 2.39 bits per heavy atom. The van der Waals surface area contributed by atoms with Crippen molar-refractivity contribution >= 4 is 27.5 Å². The summed E-state index contributed by atoms with van der Waals surface area (Å²) in [6, 6.07) is 2.03. The van der Waals surface area contributed by atoms with Gasteiger partial charge in [-0.15, -0.1) is 0 Å². The highest BCUT2D eigenvalue weighted by atomic mass is 79.9. The molecule has 23 heavy (non-hydrogen) atoms. The quantitative estimate of drug-likeness (QED) is 0.695. The van der Waals surface area contributed by atoms with Crippen molar-refractivity contribution in [2.24, 2.45) is 0 Å². The monoisotopic (exact) mass is 379 g/mol. The van der Waals surface area contributed by atoms with Gasteiger partial charge < -0.3 is 4.90 Å². The molecule has 126 valence electrons. The molecule has 0 N–H and O–H groups in total. The Morgan fingerprint density at radius 1 is 1.22 bits per heavy atom. The van der Waals surface area contributed by atoms with Crippen molar-refractivity contribution in [2.45, 2.75) is 53.4 Å². The highest BCUT2D eigenvalue weighted by Crippen LogP contribution is 2.23. The summed E-state index contributed by atoms with van der Waals surface area (Å²) in [6.45, 7) is 9.88. The first-order chi connectivity index (χ1) is 11.0. The zero-order valence-electron chi connectivity index (χ0n) is 14.5. The maximum Gasteiger partial charge on any atom is 0.272 e. The maximum absolute atomic E-state index is 13.1. The summed E-state index contributed by atoms with van der Waals surface area (Å²) in [6.07, 6.45) is 6.24. The van der Waals surface area contributed by atoms with Gasteiger partial charge in [0, 0.05) is 19.3 Å². The lowest BCUT2D eigenvalue weighted by molar-refractivity contribution is 0.0743. The van der Waals surface area contributed by atoms with Gasteiger partial charge >= 0.3 is 0 Å². The second-order valence-electron chi connectivity index (χ2n) is 6.10. The molecule has 0 fully saturated rings. The molecule has 5 heteroatoms. The number of amides is 1. The topological polar surface area (TPSA) is 37.6 Å². The van der Waals surface area contributed by atoms with Gasteiger partial charge in [0.1, 0.15) is 5.69 Å². The van der Waals surface area contributed by atoms with Gasteiger partial charge in [-0.1, -0.05) is 26.7 Å². The molecule has 4 nitrogen and oxygen atoms in total. The molecule has 0 saturated carbocycles. The number of aromatic nitrogens is 2. The molecule has 2 heterocycles. The van der Waals surface area contributed by atoms with Crippen LogP contribution in [0.15, 0.2) is 16.7 Å². The predicted octanol–water partition coefficient (Wildman–Crippen LogP) is 4.76. The van der Waals surface area contributed by atoms with Crippen LogP contribution in [-0.4, -0.2) is 33.3 Å². The molecular formula is C18H26BrN3O. The Morgan fingerprint density at radius 2 is 1.83 bits per heavy atom. The van der Waals surface area contributed by atoms with E-state index < -0.39 is 0 Å². The van der Waals surface area contributed by atoms with Gasteiger partial charge in [0.05, 0.1) is 10.2 Å². The lowest BCUT2D eigenvalue weighted by Gasteiger charge is -2.22. The molecule has 0 saturated heterocycles. The summed E-state index contributed by atoms with van der Waals surface area (Å²) >= 11 is 3.56. The maximum atomic E-state index is 13.1. The zero-order chi connectivity index (χ0) is 17.0. The first kappa shape index (κ1) is 18.0. The van der Waals surface area contributed by atoms with E-state index in [4.69, 9.17) is 0 Å². The van der Waals surface area contributed by atoms with Crippen LogP contribution in [0.5, 0.6) is 0 Å². The highest BCUT2D eigenvalue weighted by Gasteiger charge is 2.23. The second kappa shape index (κ2) is 7.95. The molecule has 0 bridgehead atoms. The predicted molar refractivity (Wildman–Crippen MR) is 98.1 cm³/mol. The molecule has 0 aliphatic carbocycles. The number of unbranched alkanes of at least 4 members (excludes halogenated alkanes) is 2. The Balaban J connectivity index is 2.43. The average Bonchev–Trinajstić information content (AvgIpc) is 2.83. The summed E-state index contributed by atoms with van der Waals surface area (Å²) in [7, 11) is 0. The largest absolute Gasteiger partial charge is 0.337 e. The van der Waals surface area contributed by atoms with Crippen molar-refractivity contribution in [1.29, 1.82) is 0 Å². The third-order valence-corrected chi connectivity index (χ3v) is 4.62. The van der Waals surface area contributed by atoms with Gasteiger partial charge in [0.25, 0.3) is 5.91 Å². The molecule has 0 aliphatic heterocycles. The summed E-state index contributed by atoms with van der Waals surface area (Å²) in [5.41, 5.74) is 3.39. The molecule has 2 rings (SSSR count). The number of nitrogens with zero attached hydrogens (tertiary/aromatic N) is 3. The lowest BCUT2D eigenvalue weighted by Crippen LogP contribution is -2.34. The second-order valence-corrected chi connectivity index (χ2v) is 6.96. The first-order valence-electron chi connectivity index (χ1n) is 8.43. The molecule has 0 radical (unpaired) electrons. The van der Waals surface area contributed by atoms with E-state index in [1.54, 1.807) is 0 Å². The number of pyridine rings is 1. The number of fused-ring (bicyclic) bond motifs is 1. The van der Waals surface area contributed by atoms with E-state index in [0.29, 0.717) is 5.69 Å². The van der Waals surface area contributed by atoms with Crippen LogP contribution in [-0.2, 0) is 0 Å². The molecule has 0 aliphatic rings. The number of hydrogen-bond acceptors (Lipinski definition) is 2. The number of rotatable bonds is 7. The van der Waals surface area contributed by atoms with Gasteiger partial charge in [-0.3, -0.25) is 9.20 Å². The van der Waals surface area contributed by atoms with Crippen LogP contribution >= 0.6 is 15.9 Å². The Kier molecular flexibility index (Phi) is 6.22. The van der Waals surface area contributed by atoms with Crippen LogP contribution in [0.3, 0.4) is 0 Å². The fraction of sp³-hybridized carbons (Fsp3) is 0.556. The molecular weight excluding hydrogens is 354 g/mol. The van der Waals surface area contributed by atoms with Gasteiger partial charge in [-0.05, 0) is 54.2 Å². The average molecular weight is 380 g/mol. The summed E-state index contributed by atoms with van der Waals surface area (Å²) in [4.78, 5) is 19.7. The van der Waals surface area contributed by atoms with E-state index in [0.717, 1.165) is 60.2 Å². The van der Waals surface area contributed by atoms with E-state index in [-0.39, 0.29) is 5.91 Å². The standard InChI is InChI=1S/C18H26BrN3O/c1-5-7-9-21(10-8-6-2)18(23)16-14(4)20-17-15(19)11-13(3)12-22(16)17/h11-12H,5-10H2,1-4H3. The number of hydrogen-bond donors (Lipinski definition) is 0. The van der Waals surface area contributed by atoms with E-state index in [1.807, 2.05) is 35.4 Å². The molecule has 0 atom stereocenters. The Hall–Kier alpha value is -1.36. The van der Waals surface area contributed by atoms with Crippen LogP contribution in [0.2, 0.25) is 0 Å². The fourth-order valence-corrected chi connectivity index (χ4v) is 3.41. The molecule has 0 aromatic carbocycles. The number of aryl methyl sites for hydroxylation is 2. The van der Waals surface area contributed by atoms with Crippen molar-refractivity contribution < 1.29 is 4.79 Å². The van der Waals surface area contributed by atoms with Crippen LogP contribution in [0.1, 0.15) is 61.3 Å². The number of carbonyl (C=O) groups is 1. The SMILES string of the molecule is CCCCN(CCCC)C(=O)c1c(C)nc2c(Br)cc(C)cn12. The van der Waals surface area contributed by atoms with Crippen LogP contribution in [0.4, 0.5) is 0 Å². The molecule has 2 aromatic rings. The third-order valence-electron chi connectivity index (χ3n) is 4.04. The third kappa shape index (κ3) is 3.94. The minimum absolute atomic E-state index is 0.0920. The Labute approximate surface area is 147 Å². The first-order valence-corrected chi connectivity index (χ1v) is 9.23. The highest BCUT2D eigenvalue weighted by molar-refractivity contribution is 9.10. The fourth-order valence-electron chi connectivity index (χ4n) is 2.77. The Bertz CT molecular complexity index is 685. The molecule has 0 unspecified atom stereocenters. The molecule has 0 spiro atoms. The molecule has 1 amide bonds. The van der Waals surface area contributed by atoms with E-state index >= 15 is 0 Å². The van der Waals surface area contributed by atoms with E-state index in [9.17, 15) is 4.79 Å². The van der Waals surface area contributed by atoms with Crippen LogP contribution < -0.4 is 0 Å². The number of carbonyl (C=O) groups excluding carboxylic acids is 1. The van der Waals surface area contributed by atoms with Crippen molar-refractivity contribution in [1.82, 2.24) is 14.3 Å². The van der Waals surface area contributed by atoms with Crippen LogP contribution in [0, 0.1) is 13.8 Å². The zero-order valence-corrected chi connectivity index (χ0v) is 16.1. The minimum atomic E-state index is 0.0920. The van der Waals surface area contributed by atoms with E-state index in [2.05, 4.69) is 34.8 Å². The van der Waals surface area contributed by atoms with E-state index in [1.165, 1.54) is 0 Å². The van der Waals surface area contributed by atoms with Gasteiger partial charge in [-0.25, -0.2) is 4.98 Å². The van der Waals surface area contributed by atoms with Gasteiger partial charge in [0.15, 0.2) is 5.65 Å². The van der Waals surface area contributed by atoms with Crippen molar-refractivity contribution in [3.05, 3.63) is 33.7 Å².